The third-order valence-electron chi connectivity index (χ3n) is 3.68. The van der Waals surface area contributed by atoms with Crippen LogP contribution in [0.1, 0.15) is 18.1 Å². The fourth-order valence-electron chi connectivity index (χ4n) is 2.44. The molecule has 27 heavy (non-hydrogen) atoms. The fraction of sp³-hybridized carbons (Fsp3) is 0.350. The van der Waals surface area contributed by atoms with Crippen LogP contribution in [0, 0.1) is 0 Å². The summed E-state index contributed by atoms with van der Waals surface area (Å²) in [5, 5.41) is 6.43. The number of benzene rings is 2. The van der Waals surface area contributed by atoms with E-state index in [2.05, 4.69) is 15.6 Å². The van der Waals surface area contributed by atoms with E-state index in [4.69, 9.17) is 9.47 Å². The van der Waals surface area contributed by atoms with E-state index in [9.17, 15) is 8.78 Å². The second-order valence-corrected chi connectivity index (χ2v) is 5.67. The number of aliphatic imine (C=N–C) groups is 1. The van der Waals surface area contributed by atoms with E-state index >= 15 is 0 Å². The highest BCUT2D eigenvalue weighted by Crippen LogP contribution is 2.17. The number of para-hydroxylation sites is 1. The van der Waals surface area contributed by atoms with Gasteiger partial charge in [-0.3, -0.25) is 4.99 Å². The van der Waals surface area contributed by atoms with Gasteiger partial charge in [0.15, 0.2) is 5.96 Å². The Kier molecular flexibility index (Phi) is 8.35. The van der Waals surface area contributed by atoms with E-state index in [1.807, 2.05) is 37.3 Å². The molecule has 0 saturated heterocycles. The van der Waals surface area contributed by atoms with Crippen LogP contribution in [-0.2, 0) is 13.1 Å². The van der Waals surface area contributed by atoms with Crippen LogP contribution in [0.3, 0.4) is 0 Å². The van der Waals surface area contributed by atoms with Crippen molar-refractivity contribution in [1.82, 2.24) is 10.6 Å². The lowest BCUT2D eigenvalue weighted by atomic mass is 10.2. The van der Waals surface area contributed by atoms with Gasteiger partial charge in [-0.05, 0) is 30.7 Å². The van der Waals surface area contributed by atoms with E-state index in [1.165, 1.54) is 0 Å². The van der Waals surface area contributed by atoms with Crippen molar-refractivity contribution >= 4 is 5.96 Å². The maximum absolute atomic E-state index is 12.3. The monoisotopic (exact) mass is 377 g/mol. The molecule has 2 aromatic carbocycles. The molecule has 0 atom stereocenters. The highest BCUT2D eigenvalue weighted by atomic mass is 19.3. The summed E-state index contributed by atoms with van der Waals surface area (Å²) in [5.74, 6) is 1.88. The van der Waals surface area contributed by atoms with Crippen LogP contribution < -0.4 is 20.1 Å². The first kappa shape index (κ1) is 20.5. The molecule has 0 fully saturated rings. The van der Waals surface area contributed by atoms with Crippen LogP contribution in [0.5, 0.6) is 11.5 Å². The molecule has 2 aromatic rings. The smallest absolute Gasteiger partial charge is 0.272 e. The first-order valence-electron chi connectivity index (χ1n) is 8.77. The Balaban J connectivity index is 1.88. The number of hydrogen-bond acceptors (Lipinski definition) is 3. The Morgan fingerprint density at radius 1 is 1.04 bits per heavy atom. The molecule has 5 nitrogen and oxygen atoms in total. The molecule has 0 radical (unpaired) electrons. The third-order valence-corrected chi connectivity index (χ3v) is 3.68. The molecule has 0 saturated carbocycles. The van der Waals surface area contributed by atoms with Gasteiger partial charge in [-0.25, -0.2) is 8.78 Å². The normalized spacial score (nSPS) is 11.4. The summed E-state index contributed by atoms with van der Waals surface area (Å²) in [5.41, 5.74) is 1.93. The predicted molar refractivity (Wildman–Crippen MR) is 103 cm³/mol. The average Bonchev–Trinajstić information content (AvgIpc) is 2.68. The molecule has 0 bridgehead atoms. The van der Waals surface area contributed by atoms with Crippen molar-refractivity contribution < 1.29 is 18.3 Å². The molecule has 0 aliphatic carbocycles. The SMILES string of the molecule is CCOc1ccccc1CNC(=NC)NCc1cccc(OCC(F)F)c1. The van der Waals surface area contributed by atoms with Crippen LogP contribution >= 0.6 is 0 Å². The summed E-state index contributed by atoms with van der Waals surface area (Å²) in [6.07, 6.45) is -2.49. The lowest BCUT2D eigenvalue weighted by Gasteiger charge is -2.15. The minimum Gasteiger partial charge on any atom is -0.494 e. The van der Waals surface area contributed by atoms with Crippen molar-refractivity contribution in [3.8, 4) is 11.5 Å². The van der Waals surface area contributed by atoms with Gasteiger partial charge in [0.1, 0.15) is 18.1 Å². The second kappa shape index (κ2) is 11.0. The molecule has 2 N–H and O–H groups in total. The molecule has 0 heterocycles. The van der Waals surface area contributed by atoms with Crippen molar-refractivity contribution in [2.45, 2.75) is 26.4 Å². The number of ether oxygens (including phenoxy) is 2. The van der Waals surface area contributed by atoms with Gasteiger partial charge in [0, 0.05) is 25.7 Å². The van der Waals surface area contributed by atoms with Gasteiger partial charge in [0.25, 0.3) is 6.43 Å². The Morgan fingerprint density at radius 2 is 1.81 bits per heavy atom. The third kappa shape index (κ3) is 7.13. The molecule has 0 unspecified atom stereocenters. The lowest BCUT2D eigenvalue weighted by molar-refractivity contribution is 0.0818. The van der Waals surface area contributed by atoms with E-state index in [1.54, 1.807) is 25.2 Å². The van der Waals surface area contributed by atoms with Gasteiger partial charge in [-0.1, -0.05) is 30.3 Å². The Hall–Kier alpha value is -2.83. The molecule has 0 amide bonds. The quantitative estimate of drug-likeness (QED) is 0.518. The Labute approximate surface area is 158 Å². The zero-order valence-corrected chi connectivity index (χ0v) is 15.5. The van der Waals surface area contributed by atoms with E-state index < -0.39 is 13.0 Å². The van der Waals surface area contributed by atoms with Crippen molar-refractivity contribution in [2.24, 2.45) is 4.99 Å². The molecule has 7 heteroatoms. The molecule has 2 rings (SSSR count). The van der Waals surface area contributed by atoms with Gasteiger partial charge in [0.05, 0.1) is 6.61 Å². The minimum absolute atomic E-state index is 0.420. The first-order chi connectivity index (χ1) is 13.1. The molecule has 0 aromatic heterocycles. The predicted octanol–water partition coefficient (Wildman–Crippen LogP) is 3.59. The van der Waals surface area contributed by atoms with Gasteiger partial charge in [-0.15, -0.1) is 0 Å². The van der Waals surface area contributed by atoms with Crippen molar-refractivity contribution in [3.05, 3.63) is 59.7 Å². The van der Waals surface area contributed by atoms with Gasteiger partial charge in [-0.2, -0.15) is 0 Å². The zero-order chi connectivity index (χ0) is 19.5. The maximum atomic E-state index is 12.3. The average molecular weight is 377 g/mol. The fourth-order valence-corrected chi connectivity index (χ4v) is 2.44. The van der Waals surface area contributed by atoms with Gasteiger partial charge >= 0.3 is 0 Å². The molecular weight excluding hydrogens is 352 g/mol. The summed E-state index contributed by atoms with van der Waals surface area (Å²) in [6.45, 7) is 2.99. The maximum Gasteiger partial charge on any atom is 0.272 e. The summed E-state index contributed by atoms with van der Waals surface area (Å²) in [7, 11) is 1.69. The van der Waals surface area contributed by atoms with Crippen LogP contribution in [0.25, 0.3) is 0 Å². The molecule has 0 aliphatic heterocycles. The van der Waals surface area contributed by atoms with Gasteiger partial charge < -0.3 is 20.1 Å². The summed E-state index contributed by atoms with van der Waals surface area (Å²) in [4.78, 5) is 4.20. The Morgan fingerprint density at radius 3 is 2.56 bits per heavy atom. The van der Waals surface area contributed by atoms with Crippen molar-refractivity contribution in [2.75, 3.05) is 20.3 Å². The first-order valence-corrected chi connectivity index (χ1v) is 8.77. The number of alkyl halides is 2. The Bertz CT molecular complexity index is 739. The van der Waals surface area contributed by atoms with E-state index in [0.29, 0.717) is 31.4 Å². The van der Waals surface area contributed by atoms with Gasteiger partial charge in [0.2, 0.25) is 0 Å². The second-order valence-electron chi connectivity index (χ2n) is 5.67. The zero-order valence-electron chi connectivity index (χ0n) is 15.5. The number of hydrogen-bond donors (Lipinski definition) is 2. The molecular formula is C20H25F2N3O2. The van der Waals surface area contributed by atoms with Crippen LogP contribution in [-0.4, -0.2) is 32.6 Å². The summed E-state index contributed by atoms with van der Waals surface area (Å²) in [6, 6.07) is 14.9. The summed E-state index contributed by atoms with van der Waals surface area (Å²) < 4.78 is 35.2. The number of nitrogens with zero attached hydrogens (tertiary/aromatic N) is 1. The molecule has 0 spiro atoms. The van der Waals surface area contributed by atoms with E-state index in [-0.39, 0.29) is 0 Å². The number of nitrogens with one attached hydrogen (secondary N) is 2. The minimum atomic E-state index is -2.49. The molecule has 0 aliphatic rings. The largest absolute Gasteiger partial charge is 0.494 e. The van der Waals surface area contributed by atoms with Crippen molar-refractivity contribution in [3.63, 3.8) is 0 Å². The van der Waals surface area contributed by atoms with Crippen LogP contribution in [0.15, 0.2) is 53.5 Å². The molecule has 146 valence electrons. The lowest BCUT2D eigenvalue weighted by Crippen LogP contribution is -2.36. The van der Waals surface area contributed by atoms with Crippen LogP contribution in [0.4, 0.5) is 8.78 Å². The summed E-state index contributed by atoms with van der Waals surface area (Å²) >= 11 is 0. The number of guanidine groups is 1. The topological polar surface area (TPSA) is 54.9 Å². The van der Waals surface area contributed by atoms with E-state index in [0.717, 1.165) is 16.9 Å². The number of halogens is 2. The highest BCUT2D eigenvalue weighted by molar-refractivity contribution is 5.79. The number of rotatable bonds is 9. The van der Waals surface area contributed by atoms with Crippen LogP contribution in [0.2, 0.25) is 0 Å². The highest BCUT2D eigenvalue weighted by Gasteiger charge is 2.06. The van der Waals surface area contributed by atoms with Crippen molar-refractivity contribution in [1.29, 1.82) is 0 Å². The standard InChI is InChI=1S/C20H25F2N3O2/c1-3-26-18-10-5-4-8-16(18)13-25-20(23-2)24-12-15-7-6-9-17(11-15)27-14-19(21)22/h4-11,19H,3,12-14H2,1-2H3,(H2,23,24,25).